The standard InChI is InChI=1S/C16H20N4Si/c1-13-12-20(16(17)19-13)18-11-15-7-5-6-14(10-15)8-9-21(2,3)4/h5-7,10-12H,1-4H3,(H2,17,19). The van der Waals surface area contributed by atoms with E-state index in [2.05, 4.69) is 41.2 Å². The molecule has 0 amide bonds. The molecule has 0 bridgehead atoms. The third-order valence-corrected chi connectivity index (χ3v) is 3.51. The second-order valence-electron chi connectivity index (χ2n) is 5.96. The van der Waals surface area contributed by atoms with E-state index < -0.39 is 8.07 Å². The van der Waals surface area contributed by atoms with Crippen LogP contribution in [0.15, 0.2) is 35.6 Å². The zero-order valence-corrected chi connectivity index (χ0v) is 13.9. The normalized spacial score (nSPS) is 11.4. The molecule has 0 atom stereocenters. The van der Waals surface area contributed by atoms with Crippen LogP contribution in [0.3, 0.4) is 0 Å². The SMILES string of the molecule is Cc1cn(N=Cc2cccc(C#C[Si](C)(C)C)c2)c(N)n1. The number of nitrogens with zero attached hydrogens (tertiary/aromatic N) is 3. The zero-order valence-electron chi connectivity index (χ0n) is 12.9. The molecule has 2 aromatic rings. The Morgan fingerprint density at radius 3 is 2.71 bits per heavy atom. The number of hydrogen-bond acceptors (Lipinski definition) is 3. The predicted octanol–water partition coefficient (Wildman–Crippen LogP) is 2.88. The van der Waals surface area contributed by atoms with Crippen LogP contribution < -0.4 is 5.73 Å². The van der Waals surface area contributed by atoms with E-state index in [0.717, 1.165) is 16.8 Å². The van der Waals surface area contributed by atoms with Crippen LogP contribution in [-0.2, 0) is 0 Å². The quantitative estimate of drug-likeness (QED) is 0.526. The molecular weight excluding hydrogens is 276 g/mol. The molecule has 2 rings (SSSR count). The highest BCUT2D eigenvalue weighted by Gasteiger charge is 2.07. The summed E-state index contributed by atoms with van der Waals surface area (Å²) >= 11 is 0. The first-order chi connectivity index (χ1) is 9.83. The van der Waals surface area contributed by atoms with Gasteiger partial charge in [-0.15, -0.1) is 5.54 Å². The lowest BCUT2D eigenvalue weighted by Gasteiger charge is -2.03. The van der Waals surface area contributed by atoms with E-state index in [9.17, 15) is 0 Å². The fourth-order valence-electron chi connectivity index (χ4n) is 1.68. The number of aromatic nitrogens is 2. The number of benzene rings is 1. The van der Waals surface area contributed by atoms with Crippen LogP contribution in [0.25, 0.3) is 0 Å². The minimum absolute atomic E-state index is 0.387. The summed E-state index contributed by atoms with van der Waals surface area (Å²) in [5, 5.41) is 4.31. The Hall–Kier alpha value is -2.32. The summed E-state index contributed by atoms with van der Waals surface area (Å²) in [6.07, 6.45) is 3.55. The number of hydrogen-bond donors (Lipinski definition) is 1. The predicted molar refractivity (Wildman–Crippen MR) is 91.0 cm³/mol. The molecule has 0 aliphatic rings. The van der Waals surface area contributed by atoms with Crippen LogP contribution in [0, 0.1) is 18.4 Å². The highest BCUT2D eigenvalue weighted by Crippen LogP contribution is 2.06. The second kappa shape index (κ2) is 5.98. The molecule has 4 nitrogen and oxygen atoms in total. The number of rotatable bonds is 2. The maximum atomic E-state index is 5.75. The molecule has 108 valence electrons. The van der Waals surface area contributed by atoms with Crippen LogP contribution in [0.4, 0.5) is 5.95 Å². The van der Waals surface area contributed by atoms with E-state index in [4.69, 9.17) is 5.73 Å². The Labute approximate surface area is 126 Å². The first-order valence-corrected chi connectivity index (χ1v) is 10.3. The molecule has 0 fully saturated rings. The highest BCUT2D eigenvalue weighted by atomic mass is 28.3. The van der Waals surface area contributed by atoms with Crippen molar-refractivity contribution >= 4 is 20.2 Å². The molecule has 0 spiro atoms. The molecule has 0 saturated heterocycles. The number of imidazole rings is 1. The third-order valence-electron chi connectivity index (χ3n) is 2.63. The largest absolute Gasteiger partial charge is 0.368 e. The third kappa shape index (κ3) is 4.62. The lowest BCUT2D eigenvalue weighted by Crippen LogP contribution is -2.16. The molecule has 0 unspecified atom stereocenters. The molecule has 0 saturated carbocycles. The Balaban J connectivity index is 2.21. The van der Waals surface area contributed by atoms with E-state index in [1.807, 2.05) is 31.2 Å². The van der Waals surface area contributed by atoms with E-state index >= 15 is 0 Å². The fraction of sp³-hybridized carbons (Fsp3) is 0.250. The van der Waals surface area contributed by atoms with Gasteiger partial charge in [0.05, 0.1) is 18.1 Å². The summed E-state index contributed by atoms with van der Waals surface area (Å²) in [4.78, 5) is 4.11. The van der Waals surface area contributed by atoms with Gasteiger partial charge in [0, 0.05) is 5.56 Å². The zero-order chi connectivity index (χ0) is 15.5. The average Bonchev–Trinajstić information content (AvgIpc) is 2.72. The average molecular weight is 296 g/mol. The number of nitrogens with two attached hydrogens (primary N) is 1. The molecule has 1 aromatic heterocycles. The Kier molecular flexibility index (Phi) is 4.29. The van der Waals surface area contributed by atoms with Crippen LogP contribution in [0.1, 0.15) is 16.8 Å². The number of nitrogen functional groups attached to an aromatic ring is 1. The van der Waals surface area contributed by atoms with Gasteiger partial charge in [-0.05, 0) is 24.6 Å². The summed E-state index contributed by atoms with van der Waals surface area (Å²) in [5.74, 6) is 3.63. The lowest BCUT2D eigenvalue weighted by atomic mass is 10.1. The van der Waals surface area contributed by atoms with Crippen molar-refractivity contribution in [2.45, 2.75) is 26.6 Å². The summed E-state index contributed by atoms with van der Waals surface area (Å²) in [6.45, 7) is 8.58. The Morgan fingerprint density at radius 2 is 2.10 bits per heavy atom. The molecular formula is C16H20N4Si. The molecule has 2 N–H and O–H groups in total. The molecule has 0 radical (unpaired) electrons. The minimum Gasteiger partial charge on any atom is -0.368 e. The van der Waals surface area contributed by atoms with E-state index in [1.54, 1.807) is 17.1 Å². The van der Waals surface area contributed by atoms with Gasteiger partial charge >= 0.3 is 0 Å². The molecule has 1 aromatic carbocycles. The van der Waals surface area contributed by atoms with Gasteiger partial charge in [0.1, 0.15) is 8.07 Å². The topological polar surface area (TPSA) is 56.2 Å². The van der Waals surface area contributed by atoms with Gasteiger partial charge in [-0.1, -0.05) is 37.7 Å². The maximum absolute atomic E-state index is 5.75. The summed E-state index contributed by atoms with van der Waals surface area (Å²) in [6, 6.07) is 8.01. The van der Waals surface area contributed by atoms with Gasteiger partial charge in [0.2, 0.25) is 5.95 Å². The second-order valence-corrected chi connectivity index (χ2v) is 10.7. The Bertz CT molecular complexity index is 727. The smallest absolute Gasteiger partial charge is 0.221 e. The molecule has 5 heteroatoms. The van der Waals surface area contributed by atoms with Crippen molar-refractivity contribution in [1.82, 2.24) is 9.66 Å². The van der Waals surface area contributed by atoms with Crippen molar-refractivity contribution in [2.24, 2.45) is 5.10 Å². The van der Waals surface area contributed by atoms with Crippen molar-refractivity contribution in [1.29, 1.82) is 0 Å². The van der Waals surface area contributed by atoms with Crippen LogP contribution in [-0.4, -0.2) is 23.9 Å². The van der Waals surface area contributed by atoms with Crippen molar-refractivity contribution < 1.29 is 0 Å². The summed E-state index contributed by atoms with van der Waals surface area (Å²) < 4.78 is 1.57. The minimum atomic E-state index is -1.36. The van der Waals surface area contributed by atoms with Gasteiger partial charge in [0.15, 0.2) is 0 Å². The molecule has 0 aliphatic carbocycles. The van der Waals surface area contributed by atoms with Crippen LogP contribution in [0.2, 0.25) is 19.6 Å². The Morgan fingerprint density at radius 1 is 1.33 bits per heavy atom. The maximum Gasteiger partial charge on any atom is 0.221 e. The molecule has 0 aliphatic heterocycles. The van der Waals surface area contributed by atoms with Crippen LogP contribution in [0.5, 0.6) is 0 Å². The van der Waals surface area contributed by atoms with Crippen molar-refractivity contribution in [2.75, 3.05) is 5.73 Å². The summed E-state index contributed by atoms with van der Waals surface area (Å²) in [7, 11) is -1.36. The highest BCUT2D eigenvalue weighted by molar-refractivity contribution is 6.83. The summed E-state index contributed by atoms with van der Waals surface area (Å²) in [5.41, 5.74) is 12.0. The molecule has 1 heterocycles. The number of aryl methyl sites for hydroxylation is 1. The van der Waals surface area contributed by atoms with Crippen molar-refractivity contribution in [3.63, 3.8) is 0 Å². The van der Waals surface area contributed by atoms with Crippen molar-refractivity contribution in [3.05, 3.63) is 47.3 Å². The van der Waals surface area contributed by atoms with Crippen molar-refractivity contribution in [3.8, 4) is 11.5 Å². The van der Waals surface area contributed by atoms with Gasteiger partial charge in [-0.2, -0.15) is 5.10 Å². The van der Waals surface area contributed by atoms with Crippen LogP contribution >= 0.6 is 0 Å². The van der Waals surface area contributed by atoms with Gasteiger partial charge < -0.3 is 5.73 Å². The van der Waals surface area contributed by atoms with Gasteiger partial charge in [-0.3, -0.25) is 0 Å². The monoisotopic (exact) mass is 296 g/mol. The van der Waals surface area contributed by atoms with E-state index in [-0.39, 0.29) is 0 Å². The fourth-order valence-corrected chi connectivity index (χ4v) is 2.20. The molecule has 21 heavy (non-hydrogen) atoms. The number of anilines is 1. The van der Waals surface area contributed by atoms with E-state index in [0.29, 0.717) is 5.95 Å². The van der Waals surface area contributed by atoms with E-state index in [1.165, 1.54) is 0 Å². The first-order valence-electron chi connectivity index (χ1n) is 6.82. The van der Waals surface area contributed by atoms with Gasteiger partial charge in [-0.25, -0.2) is 9.66 Å². The lowest BCUT2D eigenvalue weighted by molar-refractivity contribution is 0.897. The van der Waals surface area contributed by atoms with Gasteiger partial charge in [0.25, 0.3) is 0 Å². The first kappa shape index (κ1) is 15.1.